The molecule has 0 spiro atoms. The minimum atomic E-state index is -0.112. The number of halogens is 1. The van der Waals surface area contributed by atoms with Gasteiger partial charge in [0, 0.05) is 18.8 Å². The molecule has 2 aromatic heterocycles. The van der Waals surface area contributed by atoms with Gasteiger partial charge in [-0.25, -0.2) is 4.98 Å². The fraction of sp³-hybridized carbons (Fsp3) is 0.250. The molecule has 0 amide bonds. The Labute approximate surface area is 110 Å². The molecule has 94 valence electrons. The number of aromatic amines is 1. The molecule has 0 saturated heterocycles. The van der Waals surface area contributed by atoms with E-state index in [0.29, 0.717) is 6.54 Å². The number of pyridine rings is 1. The maximum atomic E-state index is 6.10. The highest BCUT2D eigenvalue weighted by atomic mass is 35.5. The second-order valence-corrected chi connectivity index (χ2v) is 4.63. The van der Waals surface area contributed by atoms with Crippen molar-refractivity contribution in [2.75, 3.05) is 29.5 Å². The number of fused-ring (bicyclic) bond motifs is 1. The Kier molecular flexibility index (Phi) is 2.76. The van der Waals surface area contributed by atoms with Crippen LogP contribution in [0, 0.1) is 0 Å². The fourth-order valence-electron chi connectivity index (χ4n) is 2.04. The lowest BCUT2D eigenvalue weighted by Gasteiger charge is -2.22. The number of anilines is 3. The molecule has 1 aliphatic rings. The first-order valence-electron chi connectivity index (χ1n) is 5.79. The van der Waals surface area contributed by atoms with Crippen molar-refractivity contribution < 1.29 is 0 Å². The molecule has 1 atom stereocenters. The number of rotatable bonds is 2. The number of alkyl halides is 1. The summed E-state index contributed by atoms with van der Waals surface area (Å²) in [7, 11) is 1.85. The van der Waals surface area contributed by atoms with Crippen LogP contribution in [0.2, 0.25) is 0 Å². The minimum absolute atomic E-state index is 0.112. The number of aromatic nitrogens is 2. The second-order valence-electron chi connectivity index (χ2n) is 4.10. The molecule has 0 aromatic carbocycles. The Morgan fingerprint density at radius 1 is 1.44 bits per heavy atom. The highest BCUT2D eigenvalue weighted by Crippen LogP contribution is 2.36. The topological polar surface area (TPSA) is 64.8 Å². The summed E-state index contributed by atoms with van der Waals surface area (Å²) in [6.07, 6.45) is 1.93. The molecule has 0 radical (unpaired) electrons. The van der Waals surface area contributed by atoms with Gasteiger partial charge >= 0.3 is 0 Å². The Balaban J connectivity index is 2.04. The van der Waals surface area contributed by atoms with Crippen molar-refractivity contribution in [3.8, 4) is 11.3 Å². The van der Waals surface area contributed by atoms with Crippen LogP contribution in [0.1, 0.15) is 0 Å². The van der Waals surface area contributed by atoms with Gasteiger partial charge in [-0.15, -0.1) is 0 Å². The van der Waals surface area contributed by atoms with Gasteiger partial charge in [-0.05, 0) is 12.1 Å². The Hall–Kier alpha value is -1.88. The monoisotopic (exact) mass is 263 g/mol. The molecule has 18 heavy (non-hydrogen) atoms. The minimum Gasteiger partial charge on any atom is -0.373 e. The van der Waals surface area contributed by atoms with Crippen molar-refractivity contribution in [1.29, 1.82) is 0 Å². The van der Waals surface area contributed by atoms with E-state index in [-0.39, 0.29) is 5.50 Å². The molecule has 3 rings (SSSR count). The number of hydrogen-bond donors (Lipinski definition) is 4. The zero-order valence-electron chi connectivity index (χ0n) is 9.92. The molecule has 6 heteroatoms. The van der Waals surface area contributed by atoms with Gasteiger partial charge < -0.3 is 20.9 Å². The Morgan fingerprint density at radius 3 is 3.17 bits per heavy atom. The summed E-state index contributed by atoms with van der Waals surface area (Å²) in [5.41, 5.74) is 2.78. The lowest BCUT2D eigenvalue weighted by atomic mass is 10.1. The molecule has 0 aliphatic carbocycles. The van der Waals surface area contributed by atoms with Crippen LogP contribution in [-0.2, 0) is 0 Å². The van der Waals surface area contributed by atoms with Crippen molar-refractivity contribution in [3.05, 3.63) is 24.4 Å². The molecule has 0 fully saturated rings. The normalized spacial score (nSPS) is 17.6. The van der Waals surface area contributed by atoms with E-state index in [1.807, 2.05) is 31.4 Å². The van der Waals surface area contributed by atoms with Crippen LogP contribution < -0.4 is 16.0 Å². The average molecular weight is 264 g/mol. The van der Waals surface area contributed by atoms with Crippen LogP contribution in [0.3, 0.4) is 0 Å². The van der Waals surface area contributed by atoms with Gasteiger partial charge in [0.2, 0.25) is 0 Å². The highest BCUT2D eigenvalue weighted by molar-refractivity contribution is 6.22. The van der Waals surface area contributed by atoms with Crippen LogP contribution in [-0.4, -0.2) is 29.1 Å². The summed E-state index contributed by atoms with van der Waals surface area (Å²) in [5, 5.41) is 9.53. The number of nitrogens with one attached hydrogen (secondary N) is 4. The molecular weight excluding hydrogens is 250 g/mol. The first-order chi connectivity index (χ1) is 8.78. The standard InChI is InChI=1S/C12H14ClN5/c1-14-10-4-2-3-8(17-10)7-5-15-12-11(7)18-9(13)6-16-12/h2-5,9,15-16,18H,6H2,1H3,(H,14,17). The quantitative estimate of drug-likeness (QED) is 0.497. The van der Waals surface area contributed by atoms with E-state index in [0.717, 1.165) is 28.6 Å². The van der Waals surface area contributed by atoms with Crippen LogP contribution in [0.15, 0.2) is 24.4 Å². The lowest BCUT2D eigenvalue weighted by Crippen LogP contribution is -2.27. The Bertz CT molecular complexity index is 565. The van der Waals surface area contributed by atoms with E-state index in [1.165, 1.54) is 0 Å². The van der Waals surface area contributed by atoms with Crippen molar-refractivity contribution >= 4 is 28.9 Å². The molecule has 0 bridgehead atoms. The van der Waals surface area contributed by atoms with Crippen LogP contribution in [0.5, 0.6) is 0 Å². The summed E-state index contributed by atoms with van der Waals surface area (Å²) in [6, 6.07) is 5.88. The molecule has 0 saturated carbocycles. The van der Waals surface area contributed by atoms with E-state index < -0.39 is 0 Å². The van der Waals surface area contributed by atoms with Crippen molar-refractivity contribution in [2.24, 2.45) is 0 Å². The lowest BCUT2D eigenvalue weighted by molar-refractivity contribution is 0.966. The number of H-pyrrole nitrogens is 1. The zero-order chi connectivity index (χ0) is 12.5. The molecule has 5 nitrogen and oxygen atoms in total. The van der Waals surface area contributed by atoms with Gasteiger partial charge in [0.05, 0.1) is 17.9 Å². The Morgan fingerprint density at radius 2 is 2.33 bits per heavy atom. The predicted octanol–water partition coefficient (Wildman–Crippen LogP) is 2.52. The predicted molar refractivity (Wildman–Crippen MR) is 75.3 cm³/mol. The average Bonchev–Trinajstić information content (AvgIpc) is 2.81. The third-order valence-electron chi connectivity index (χ3n) is 2.92. The second kappa shape index (κ2) is 4.42. The zero-order valence-corrected chi connectivity index (χ0v) is 10.7. The maximum absolute atomic E-state index is 6.10. The summed E-state index contributed by atoms with van der Waals surface area (Å²) >= 11 is 6.10. The van der Waals surface area contributed by atoms with Gasteiger partial charge in [0.15, 0.2) is 0 Å². The molecule has 4 N–H and O–H groups in total. The van der Waals surface area contributed by atoms with E-state index in [2.05, 4.69) is 25.9 Å². The summed E-state index contributed by atoms with van der Waals surface area (Å²) in [6.45, 7) is 0.693. The summed E-state index contributed by atoms with van der Waals surface area (Å²) in [4.78, 5) is 7.71. The van der Waals surface area contributed by atoms with Gasteiger partial charge in [-0.1, -0.05) is 17.7 Å². The number of nitrogens with zero attached hydrogens (tertiary/aromatic N) is 1. The molecule has 3 heterocycles. The molecule has 1 aliphatic heterocycles. The largest absolute Gasteiger partial charge is 0.373 e. The van der Waals surface area contributed by atoms with E-state index in [4.69, 9.17) is 11.6 Å². The smallest absolute Gasteiger partial charge is 0.128 e. The summed E-state index contributed by atoms with van der Waals surface area (Å²) in [5.74, 6) is 1.80. The van der Waals surface area contributed by atoms with Crippen molar-refractivity contribution in [1.82, 2.24) is 9.97 Å². The van der Waals surface area contributed by atoms with Gasteiger partial charge in [0.1, 0.15) is 17.1 Å². The SMILES string of the molecule is CNc1cccc(-c2c[nH]c3c2NC(Cl)CN3)n1. The van der Waals surface area contributed by atoms with Crippen molar-refractivity contribution in [3.63, 3.8) is 0 Å². The number of hydrogen-bond acceptors (Lipinski definition) is 4. The first-order valence-corrected chi connectivity index (χ1v) is 6.22. The van der Waals surface area contributed by atoms with Crippen LogP contribution >= 0.6 is 11.6 Å². The van der Waals surface area contributed by atoms with Gasteiger partial charge in [-0.3, -0.25) is 0 Å². The van der Waals surface area contributed by atoms with E-state index in [1.54, 1.807) is 0 Å². The molecule has 1 unspecified atom stereocenters. The van der Waals surface area contributed by atoms with Gasteiger partial charge in [-0.2, -0.15) is 0 Å². The van der Waals surface area contributed by atoms with E-state index >= 15 is 0 Å². The van der Waals surface area contributed by atoms with Crippen LogP contribution in [0.25, 0.3) is 11.3 Å². The third-order valence-corrected chi connectivity index (χ3v) is 3.18. The fourth-order valence-corrected chi connectivity index (χ4v) is 2.22. The molecular formula is C12H14ClN5. The van der Waals surface area contributed by atoms with Crippen LogP contribution in [0.4, 0.5) is 17.3 Å². The summed E-state index contributed by atoms with van der Waals surface area (Å²) < 4.78 is 0. The van der Waals surface area contributed by atoms with Gasteiger partial charge in [0.25, 0.3) is 0 Å². The maximum Gasteiger partial charge on any atom is 0.128 e. The highest BCUT2D eigenvalue weighted by Gasteiger charge is 2.21. The third kappa shape index (κ3) is 1.86. The van der Waals surface area contributed by atoms with Crippen molar-refractivity contribution in [2.45, 2.75) is 5.50 Å². The first kappa shape index (κ1) is 11.2. The molecule has 2 aromatic rings. The van der Waals surface area contributed by atoms with E-state index in [9.17, 15) is 0 Å².